The standard InChI is InChI=1S/C9H12N4O/c1-7-3-12-9(14-7)5-13-6-11-4-8(13)2-10/h3-4,6H,2,5,10H2,1H3. The van der Waals surface area contributed by atoms with E-state index in [-0.39, 0.29) is 0 Å². The molecule has 0 saturated carbocycles. The summed E-state index contributed by atoms with van der Waals surface area (Å²) in [7, 11) is 0. The van der Waals surface area contributed by atoms with Gasteiger partial charge < -0.3 is 14.7 Å². The Morgan fingerprint density at radius 2 is 2.36 bits per heavy atom. The van der Waals surface area contributed by atoms with E-state index < -0.39 is 0 Å². The highest BCUT2D eigenvalue weighted by Gasteiger charge is 2.04. The molecule has 0 amide bonds. The summed E-state index contributed by atoms with van der Waals surface area (Å²) in [6, 6.07) is 0. The maximum Gasteiger partial charge on any atom is 0.214 e. The predicted molar refractivity (Wildman–Crippen MR) is 50.5 cm³/mol. The molecule has 0 atom stereocenters. The second-order valence-corrected chi connectivity index (χ2v) is 3.08. The summed E-state index contributed by atoms with van der Waals surface area (Å²) >= 11 is 0. The van der Waals surface area contributed by atoms with E-state index in [1.54, 1.807) is 18.7 Å². The first kappa shape index (κ1) is 8.96. The second kappa shape index (κ2) is 3.63. The Balaban J connectivity index is 2.18. The van der Waals surface area contributed by atoms with Crippen LogP contribution in [0.3, 0.4) is 0 Å². The highest BCUT2D eigenvalue weighted by molar-refractivity contribution is 5.00. The molecule has 0 fully saturated rings. The molecule has 5 nitrogen and oxygen atoms in total. The van der Waals surface area contributed by atoms with E-state index in [2.05, 4.69) is 9.97 Å². The van der Waals surface area contributed by atoms with Crippen LogP contribution >= 0.6 is 0 Å². The van der Waals surface area contributed by atoms with Crippen LogP contribution in [0.1, 0.15) is 17.3 Å². The SMILES string of the molecule is Cc1cnc(Cn2cncc2CN)o1. The fraction of sp³-hybridized carbons (Fsp3) is 0.333. The van der Waals surface area contributed by atoms with Crippen molar-refractivity contribution in [1.29, 1.82) is 0 Å². The van der Waals surface area contributed by atoms with Gasteiger partial charge in [0.2, 0.25) is 5.89 Å². The van der Waals surface area contributed by atoms with Crippen molar-refractivity contribution in [1.82, 2.24) is 14.5 Å². The first-order valence-corrected chi connectivity index (χ1v) is 4.40. The van der Waals surface area contributed by atoms with Gasteiger partial charge in [-0.1, -0.05) is 0 Å². The third kappa shape index (κ3) is 1.67. The zero-order chi connectivity index (χ0) is 9.97. The Hall–Kier alpha value is -1.62. The van der Waals surface area contributed by atoms with Gasteiger partial charge >= 0.3 is 0 Å². The van der Waals surface area contributed by atoms with Crippen molar-refractivity contribution in [3.05, 3.63) is 36.1 Å². The fourth-order valence-electron chi connectivity index (χ4n) is 1.28. The van der Waals surface area contributed by atoms with Crippen molar-refractivity contribution in [3.8, 4) is 0 Å². The summed E-state index contributed by atoms with van der Waals surface area (Å²) in [6.07, 6.45) is 5.17. The molecule has 2 rings (SSSR count). The lowest BCUT2D eigenvalue weighted by atomic mass is 10.4. The minimum absolute atomic E-state index is 0.472. The molecule has 74 valence electrons. The number of oxazole rings is 1. The number of imidazole rings is 1. The molecule has 0 bridgehead atoms. The Morgan fingerprint density at radius 1 is 1.50 bits per heavy atom. The smallest absolute Gasteiger partial charge is 0.214 e. The van der Waals surface area contributed by atoms with Crippen LogP contribution in [0.15, 0.2) is 23.1 Å². The molecule has 0 aliphatic rings. The number of nitrogens with zero attached hydrogens (tertiary/aromatic N) is 3. The molecule has 0 unspecified atom stereocenters. The zero-order valence-electron chi connectivity index (χ0n) is 7.97. The Kier molecular flexibility index (Phi) is 2.32. The van der Waals surface area contributed by atoms with E-state index in [0.717, 1.165) is 11.5 Å². The molecular weight excluding hydrogens is 180 g/mol. The van der Waals surface area contributed by atoms with E-state index in [1.807, 2.05) is 11.5 Å². The quantitative estimate of drug-likeness (QED) is 0.776. The number of hydrogen-bond donors (Lipinski definition) is 1. The van der Waals surface area contributed by atoms with E-state index in [1.165, 1.54) is 0 Å². The van der Waals surface area contributed by atoms with Crippen molar-refractivity contribution in [2.24, 2.45) is 5.73 Å². The zero-order valence-corrected chi connectivity index (χ0v) is 7.97. The maximum absolute atomic E-state index is 5.54. The van der Waals surface area contributed by atoms with Crippen molar-refractivity contribution in [2.75, 3.05) is 0 Å². The molecule has 0 aliphatic heterocycles. The normalized spacial score (nSPS) is 10.7. The summed E-state index contributed by atoms with van der Waals surface area (Å²) in [5.74, 6) is 1.49. The van der Waals surface area contributed by atoms with Crippen LogP contribution in [0.25, 0.3) is 0 Å². The first-order valence-electron chi connectivity index (χ1n) is 4.40. The molecular formula is C9H12N4O. The lowest BCUT2D eigenvalue weighted by Crippen LogP contribution is -2.07. The van der Waals surface area contributed by atoms with Gasteiger partial charge in [0.1, 0.15) is 12.3 Å². The van der Waals surface area contributed by atoms with Crippen LogP contribution in [0, 0.1) is 6.92 Å². The Morgan fingerprint density at radius 3 is 3.00 bits per heavy atom. The van der Waals surface area contributed by atoms with Gasteiger partial charge in [0.15, 0.2) is 0 Å². The molecule has 2 aromatic rings. The van der Waals surface area contributed by atoms with Crippen molar-refractivity contribution >= 4 is 0 Å². The average molecular weight is 192 g/mol. The van der Waals surface area contributed by atoms with Crippen molar-refractivity contribution in [2.45, 2.75) is 20.0 Å². The molecule has 2 heterocycles. The average Bonchev–Trinajstić information content (AvgIpc) is 2.76. The summed E-state index contributed by atoms with van der Waals surface area (Å²) < 4.78 is 7.28. The van der Waals surface area contributed by atoms with Crippen LogP contribution in [0.2, 0.25) is 0 Å². The lowest BCUT2D eigenvalue weighted by Gasteiger charge is -2.02. The molecule has 0 radical (unpaired) electrons. The summed E-state index contributed by atoms with van der Waals surface area (Å²) in [4.78, 5) is 8.12. The molecule has 0 aromatic carbocycles. The molecule has 5 heteroatoms. The number of aromatic nitrogens is 3. The van der Waals surface area contributed by atoms with Gasteiger partial charge in [-0.25, -0.2) is 9.97 Å². The molecule has 14 heavy (non-hydrogen) atoms. The molecule has 0 aliphatic carbocycles. The maximum atomic E-state index is 5.54. The number of rotatable bonds is 3. The van der Waals surface area contributed by atoms with Crippen molar-refractivity contribution < 1.29 is 4.42 Å². The second-order valence-electron chi connectivity index (χ2n) is 3.08. The van der Waals surface area contributed by atoms with Gasteiger partial charge in [-0.15, -0.1) is 0 Å². The highest BCUT2D eigenvalue weighted by atomic mass is 16.4. The third-order valence-electron chi connectivity index (χ3n) is 1.98. The number of nitrogens with two attached hydrogens (primary N) is 1. The molecule has 0 saturated heterocycles. The molecule has 2 N–H and O–H groups in total. The summed E-state index contributed by atoms with van der Waals surface area (Å²) in [6.45, 7) is 2.92. The summed E-state index contributed by atoms with van der Waals surface area (Å²) in [5.41, 5.74) is 6.52. The van der Waals surface area contributed by atoms with Gasteiger partial charge in [-0.05, 0) is 6.92 Å². The van der Waals surface area contributed by atoms with Gasteiger partial charge in [0.25, 0.3) is 0 Å². The monoisotopic (exact) mass is 192 g/mol. The van der Waals surface area contributed by atoms with Crippen LogP contribution in [0.4, 0.5) is 0 Å². The topological polar surface area (TPSA) is 69.9 Å². The van der Waals surface area contributed by atoms with Crippen LogP contribution in [0.5, 0.6) is 0 Å². The van der Waals surface area contributed by atoms with E-state index >= 15 is 0 Å². The minimum Gasteiger partial charge on any atom is -0.444 e. The van der Waals surface area contributed by atoms with Gasteiger partial charge in [-0.3, -0.25) is 0 Å². The van der Waals surface area contributed by atoms with Crippen molar-refractivity contribution in [3.63, 3.8) is 0 Å². The summed E-state index contributed by atoms with van der Waals surface area (Å²) in [5, 5.41) is 0. The van der Waals surface area contributed by atoms with Gasteiger partial charge in [0, 0.05) is 12.7 Å². The van der Waals surface area contributed by atoms with Gasteiger partial charge in [-0.2, -0.15) is 0 Å². The molecule has 0 spiro atoms. The van der Waals surface area contributed by atoms with Crippen LogP contribution in [-0.2, 0) is 13.1 Å². The Labute approximate surface area is 81.6 Å². The van der Waals surface area contributed by atoms with Crippen LogP contribution in [-0.4, -0.2) is 14.5 Å². The number of hydrogen-bond acceptors (Lipinski definition) is 4. The fourth-order valence-corrected chi connectivity index (χ4v) is 1.28. The molecule has 2 aromatic heterocycles. The van der Waals surface area contributed by atoms with E-state index in [0.29, 0.717) is 19.0 Å². The minimum atomic E-state index is 0.472. The Bertz CT molecular complexity index is 418. The number of aryl methyl sites for hydroxylation is 1. The van der Waals surface area contributed by atoms with E-state index in [9.17, 15) is 0 Å². The van der Waals surface area contributed by atoms with Crippen LogP contribution < -0.4 is 5.73 Å². The first-order chi connectivity index (χ1) is 6.79. The third-order valence-corrected chi connectivity index (χ3v) is 1.98. The predicted octanol–water partition coefficient (Wildman–Crippen LogP) is 0.687. The van der Waals surface area contributed by atoms with E-state index in [4.69, 9.17) is 10.2 Å². The van der Waals surface area contributed by atoms with Gasteiger partial charge in [0.05, 0.1) is 18.2 Å². The lowest BCUT2D eigenvalue weighted by molar-refractivity contribution is 0.454. The highest BCUT2D eigenvalue weighted by Crippen LogP contribution is 2.06. The largest absolute Gasteiger partial charge is 0.444 e.